The highest BCUT2D eigenvalue weighted by Crippen LogP contribution is 2.46. The first-order valence-corrected chi connectivity index (χ1v) is 8.16. The molecule has 1 aliphatic rings. The van der Waals surface area contributed by atoms with Crippen molar-refractivity contribution >= 4 is 5.90 Å². The van der Waals surface area contributed by atoms with Gasteiger partial charge in [-0.1, -0.05) is 42.5 Å². The quantitative estimate of drug-likeness (QED) is 0.757. The van der Waals surface area contributed by atoms with Crippen LogP contribution in [0.1, 0.15) is 17.0 Å². The van der Waals surface area contributed by atoms with Crippen molar-refractivity contribution in [3.05, 3.63) is 65.7 Å². The van der Waals surface area contributed by atoms with Gasteiger partial charge in [-0.3, -0.25) is 10.5 Å². The van der Waals surface area contributed by atoms with Crippen molar-refractivity contribution in [2.24, 2.45) is 5.92 Å². The maximum Gasteiger partial charge on any atom is 0.244 e. The van der Waals surface area contributed by atoms with Crippen molar-refractivity contribution in [3.63, 3.8) is 0 Å². The molecule has 2 aromatic carbocycles. The van der Waals surface area contributed by atoms with Gasteiger partial charge in [-0.25, -0.2) is 0 Å². The van der Waals surface area contributed by atoms with Gasteiger partial charge in [0.1, 0.15) is 11.7 Å². The number of nitrogens with zero attached hydrogens (tertiary/aromatic N) is 2. The second kappa shape index (κ2) is 6.37. The molecule has 2 unspecified atom stereocenters. The first-order valence-electron chi connectivity index (χ1n) is 8.16. The molecule has 6 nitrogen and oxygen atoms in total. The molecule has 0 fully saturated rings. The number of aromatic nitrogens is 2. The van der Waals surface area contributed by atoms with Gasteiger partial charge in [0.2, 0.25) is 11.8 Å². The zero-order chi connectivity index (χ0) is 18.1. The molecular weight excluding hydrogens is 328 g/mol. The Morgan fingerprint density at radius 2 is 2.00 bits per heavy atom. The number of benzene rings is 2. The van der Waals surface area contributed by atoms with Crippen LogP contribution in [-0.2, 0) is 0 Å². The minimum atomic E-state index is -0.741. The van der Waals surface area contributed by atoms with Gasteiger partial charge in [-0.05, 0) is 23.3 Å². The lowest BCUT2D eigenvalue weighted by Gasteiger charge is -2.28. The number of ether oxygens (including phenoxy) is 2. The monoisotopic (exact) mass is 344 g/mol. The highest BCUT2D eigenvalue weighted by atomic mass is 16.5. The molecule has 6 heteroatoms. The van der Waals surface area contributed by atoms with Crippen LogP contribution in [-0.4, -0.2) is 23.2 Å². The van der Waals surface area contributed by atoms with E-state index < -0.39 is 5.92 Å². The average molecular weight is 344 g/mol. The first-order chi connectivity index (χ1) is 12.7. The summed E-state index contributed by atoms with van der Waals surface area (Å²) in [6.45, 7) is 0. The predicted molar refractivity (Wildman–Crippen MR) is 96.3 cm³/mol. The highest BCUT2D eigenvalue weighted by Gasteiger charge is 2.40. The van der Waals surface area contributed by atoms with Crippen molar-refractivity contribution in [2.75, 3.05) is 7.11 Å². The summed E-state index contributed by atoms with van der Waals surface area (Å²) in [5, 5.41) is 25.1. The van der Waals surface area contributed by atoms with Crippen LogP contribution in [0.2, 0.25) is 0 Å². The van der Waals surface area contributed by atoms with Gasteiger partial charge in [-0.15, -0.1) is 5.10 Å². The molecule has 0 saturated carbocycles. The number of hydrogen-bond acceptors (Lipinski definition) is 5. The molecular formula is C20H16N4O2. The summed E-state index contributed by atoms with van der Waals surface area (Å²) in [6.07, 6.45) is 0. The molecule has 128 valence electrons. The van der Waals surface area contributed by atoms with E-state index in [0.29, 0.717) is 11.6 Å². The lowest BCUT2D eigenvalue weighted by Crippen LogP contribution is -2.30. The second-order valence-corrected chi connectivity index (χ2v) is 6.01. The predicted octanol–water partition coefficient (Wildman–Crippen LogP) is 3.73. The number of nitriles is 1. The fourth-order valence-corrected chi connectivity index (χ4v) is 3.34. The van der Waals surface area contributed by atoms with E-state index >= 15 is 0 Å². The van der Waals surface area contributed by atoms with Gasteiger partial charge in [0.25, 0.3) is 0 Å². The third-order valence-electron chi connectivity index (χ3n) is 4.56. The fraction of sp³-hybridized carbons (Fsp3) is 0.150. The molecule has 0 spiro atoms. The van der Waals surface area contributed by atoms with Gasteiger partial charge in [0.15, 0.2) is 0 Å². The van der Waals surface area contributed by atoms with Crippen LogP contribution in [0.15, 0.2) is 54.6 Å². The fourth-order valence-electron chi connectivity index (χ4n) is 3.34. The number of H-pyrrole nitrogens is 1. The molecule has 1 aliphatic heterocycles. The summed E-state index contributed by atoms with van der Waals surface area (Å²) in [4.78, 5) is 0. The largest absolute Gasteiger partial charge is 0.497 e. The van der Waals surface area contributed by atoms with Crippen molar-refractivity contribution < 1.29 is 9.47 Å². The van der Waals surface area contributed by atoms with E-state index in [0.717, 1.165) is 22.4 Å². The zero-order valence-corrected chi connectivity index (χ0v) is 14.1. The van der Waals surface area contributed by atoms with E-state index in [1.807, 2.05) is 54.6 Å². The Balaban J connectivity index is 1.94. The lowest BCUT2D eigenvalue weighted by molar-refractivity contribution is 0.411. The van der Waals surface area contributed by atoms with Gasteiger partial charge in [0.05, 0.1) is 24.4 Å². The molecule has 0 amide bonds. The van der Waals surface area contributed by atoms with Gasteiger partial charge < -0.3 is 9.47 Å². The van der Waals surface area contributed by atoms with Gasteiger partial charge in [-0.2, -0.15) is 5.26 Å². The Bertz CT molecular complexity index is 1000. The molecule has 3 aromatic rings. The Hall–Kier alpha value is -3.59. The molecule has 2 N–H and O–H groups in total. The Labute approximate surface area is 150 Å². The topological polar surface area (TPSA) is 94.8 Å². The van der Waals surface area contributed by atoms with Crippen molar-refractivity contribution in [1.29, 1.82) is 10.7 Å². The van der Waals surface area contributed by atoms with Crippen LogP contribution in [0.5, 0.6) is 11.6 Å². The minimum Gasteiger partial charge on any atom is -0.497 e. The number of rotatable bonds is 3. The van der Waals surface area contributed by atoms with Crippen molar-refractivity contribution in [1.82, 2.24) is 10.2 Å². The molecule has 0 aliphatic carbocycles. The Morgan fingerprint density at radius 3 is 2.73 bits per heavy atom. The van der Waals surface area contributed by atoms with Crippen molar-refractivity contribution in [2.45, 2.75) is 5.92 Å². The molecule has 0 saturated heterocycles. The molecule has 0 radical (unpaired) electrons. The SMILES string of the molecule is COc1cccc(C2c3c(n[nH]c3-c3ccccc3)OC(=N)C2C#N)c1. The van der Waals surface area contributed by atoms with Gasteiger partial charge >= 0.3 is 0 Å². The van der Waals surface area contributed by atoms with E-state index in [2.05, 4.69) is 16.3 Å². The minimum absolute atomic E-state index is 0.0982. The summed E-state index contributed by atoms with van der Waals surface area (Å²) in [6, 6.07) is 19.5. The number of aromatic amines is 1. The normalized spacial score (nSPS) is 18.5. The van der Waals surface area contributed by atoms with Crippen LogP contribution in [0.4, 0.5) is 0 Å². The number of hydrogen-bond donors (Lipinski definition) is 2. The second-order valence-electron chi connectivity index (χ2n) is 6.01. The number of fused-ring (bicyclic) bond motifs is 1. The summed E-state index contributed by atoms with van der Waals surface area (Å²) >= 11 is 0. The van der Waals surface area contributed by atoms with Crippen LogP contribution in [0, 0.1) is 22.7 Å². The molecule has 1 aromatic heterocycles. The van der Waals surface area contributed by atoms with Crippen LogP contribution >= 0.6 is 0 Å². The molecule has 2 heterocycles. The summed E-state index contributed by atoms with van der Waals surface area (Å²) in [5.41, 5.74) is 3.40. The summed E-state index contributed by atoms with van der Waals surface area (Å²) < 4.78 is 10.9. The summed E-state index contributed by atoms with van der Waals surface area (Å²) in [5.74, 6) is -0.175. The van der Waals surface area contributed by atoms with Crippen LogP contribution < -0.4 is 9.47 Å². The van der Waals surface area contributed by atoms with E-state index in [4.69, 9.17) is 14.9 Å². The van der Waals surface area contributed by atoms with E-state index in [1.165, 1.54) is 0 Å². The first kappa shape index (κ1) is 15.9. The average Bonchev–Trinajstić information content (AvgIpc) is 3.10. The zero-order valence-electron chi connectivity index (χ0n) is 14.1. The van der Waals surface area contributed by atoms with Crippen LogP contribution in [0.25, 0.3) is 11.3 Å². The van der Waals surface area contributed by atoms with Crippen molar-refractivity contribution in [3.8, 4) is 29.0 Å². The molecule has 26 heavy (non-hydrogen) atoms. The van der Waals surface area contributed by atoms with Gasteiger partial charge in [0, 0.05) is 5.92 Å². The number of nitrogens with one attached hydrogen (secondary N) is 2. The van der Waals surface area contributed by atoms with E-state index in [1.54, 1.807) is 7.11 Å². The van der Waals surface area contributed by atoms with E-state index in [-0.39, 0.29) is 11.8 Å². The molecule has 0 bridgehead atoms. The standard InChI is InChI=1S/C20H16N4O2/c1-25-14-9-5-8-13(10-14)16-15(11-21)19(22)26-20-17(16)18(23-24-20)12-6-3-2-4-7-12/h2-10,15-16,22H,1H3,(H,23,24). The highest BCUT2D eigenvalue weighted by molar-refractivity contribution is 5.86. The molecule has 4 rings (SSSR count). The van der Waals surface area contributed by atoms with E-state index in [9.17, 15) is 5.26 Å². The third-order valence-corrected chi connectivity index (χ3v) is 4.56. The smallest absolute Gasteiger partial charge is 0.244 e. The summed E-state index contributed by atoms with van der Waals surface area (Å²) in [7, 11) is 1.60. The maximum absolute atomic E-state index is 9.71. The third kappa shape index (κ3) is 2.50. The molecule has 2 atom stereocenters. The Kier molecular flexibility index (Phi) is 3.90. The lowest BCUT2D eigenvalue weighted by atomic mass is 9.79. The van der Waals surface area contributed by atoms with Crippen LogP contribution in [0.3, 0.4) is 0 Å². The Morgan fingerprint density at radius 1 is 1.19 bits per heavy atom. The maximum atomic E-state index is 9.71. The number of methoxy groups -OCH3 is 1.